The zero-order valence-electron chi connectivity index (χ0n) is 34.7. The number of carbonyl (C=O) groups is 3. The van der Waals surface area contributed by atoms with Gasteiger partial charge in [0.05, 0.1) is 28.3 Å². The molecule has 0 saturated heterocycles. The maximum atomic E-state index is 14.2. The molecule has 1 N–H and O–H groups in total. The first-order valence-electron chi connectivity index (χ1n) is 19.2. The molecule has 0 aliphatic carbocycles. The van der Waals surface area contributed by atoms with Crippen molar-refractivity contribution in [1.82, 2.24) is 44.3 Å². The number of benzene rings is 3. The fourth-order valence-electron chi connectivity index (χ4n) is 5.37. The Morgan fingerprint density at radius 1 is 0.585 bits per heavy atom. The third-order valence-corrected chi connectivity index (χ3v) is 9.41. The third kappa shape index (κ3) is 12.4. The highest BCUT2D eigenvalue weighted by Gasteiger charge is 2.48. The first-order chi connectivity index (χ1) is 30.6. The van der Waals surface area contributed by atoms with Crippen molar-refractivity contribution in [2.24, 2.45) is 0 Å². The fraction of sp³-hybridized carbons (Fsp3) is 0.325. The van der Waals surface area contributed by atoms with Gasteiger partial charge in [-0.2, -0.15) is 32.9 Å². The van der Waals surface area contributed by atoms with E-state index in [1.165, 1.54) is 50.2 Å². The van der Waals surface area contributed by atoms with Gasteiger partial charge in [-0.25, -0.2) is 51.8 Å². The smallest absolute Gasteiger partial charge is 0.400 e. The summed E-state index contributed by atoms with van der Waals surface area (Å²) in [6, 6.07) is 11.6. The Balaban J connectivity index is 0.000000214. The maximum Gasteiger partial charge on any atom is 0.400 e. The summed E-state index contributed by atoms with van der Waals surface area (Å²) in [5, 5.41) is 20.3. The van der Waals surface area contributed by atoms with Gasteiger partial charge >= 0.3 is 29.8 Å². The summed E-state index contributed by atoms with van der Waals surface area (Å²) in [5.74, 6) is -15.9. The number of rotatable bonds is 14. The number of esters is 2. The van der Waals surface area contributed by atoms with Crippen molar-refractivity contribution in [3.63, 3.8) is 0 Å². The van der Waals surface area contributed by atoms with Crippen LogP contribution in [0.5, 0.6) is 0 Å². The van der Waals surface area contributed by atoms with Gasteiger partial charge < -0.3 is 14.6 Å². The molecule has 6 rings (SSSR count). The van der Waals surface area contributed by atoms with Crippen LogP contribution in [-0.2, 0) is 61.8 Å². The topological polar surface area (TPSA) is 182 Å². The second-order valence-corrected chi connectivity index (χ2v) is 14.1. The summed E-state index contributed by atoms with van der Waals surface area (Å²) in [6.45, 7) is 8.82. The predicted molar refractivity (Wildman–Crippen MR) is 221 cm³/mol. The van der Waals surface area contributed by atoms with Gasteiger partial charge in [-0.3, -0.25) is 4.79 Å². The van der Waals surface area contributed by atoms with Crippen molar-refractivity contribution in [2.45, 2.75) is 72.5 Å². The minimum absolute atomic E-state index is 0.0126. The molecule has 3 aromatic carbocycles. The Hall–Kier alpha value is -6.13. The van der Waals surface area contributed by atoms with E-state index in [0.29, 0.717) is 30.4 Å². The second-order valence-electron chi connectivity index (χ2n) is 12.9. The molecule has 0 radical (unpaired) electrons. The van der Waals surface area contributed by atoms with Gasteiger partial charge in [0.1, 0.15) is 29.7 Å². The minimum atomic E-state index is -4.19. The Morgan fingerprint density at radius 3 is 1.31 bits per heavy atom. The van der Waals surface area contributed by atoms with Gasteiger partial charge in [0.2, 0.25) is 11.6 Å². The molecule has 25 heteroatoms. The van der Waals surface area contributed by atoms with Crippen LogP contribution in [0.3, 0.4) is 0 Å². The normalized spacial score (nSPS) is 11.3. The SMILES string of the molecule is CCOC(=O)C(F)(F)c1nc(-c2ccc(Cl)c(F)c2)nn1CC.CCOC(=O)Cc1nc(-c2ccc(Cl)c(F)c2)nn1CC.CCn1nc(-c2ccc(Cl)c(F)c2)nc1C(F)(F)C(=O)O. The lowest BCUT2D eigenvalue weighted by Crippen LogP contribution is -2.32. The van der Waals surface area contributed by atoms with Gasteiger partial charge in [0.25, 0.3) is 0 Å². The lowest BCUT2D eigenvalue weighted by molar-refractivity contribution is -0.174. The highest BCUT2D eigenvalue weighted by molar-refractivity contribution is 6.31. The van der Waals surface area contributed by atoms with Crippen LogP contribution < -0.4 is 0 Å². The van der Waals surface area contributed by atoms with E-state index in [9.17, 15) is 45.1 Å². The van der Waals surface area contributed by atoms with Crippen LogP contribution in [0.15, 0.2) is 54.6 Å². The number of hydrogen-bond donors (Lipinski definition) is 1. The first kappa shape index (κ1) is 51.5. The van der Waals surface area contributed by atoms with E-state index in [-0.39, 0.29) is 69.9 Å². The largest absolute Gasteiger partial charge is 0.476 e. The molecule has 0 spiro atoms. The number of aliphatic carboxylic acids is 1. The number of ether oxygens (including phenoxy) is 2. The van der Waals surface area contributed by atoms with Crippen LogP contribution in [0, 0.1) is 17.5 Å². The highest BCUT2D eigenvalue weighted by atomic mass is 35.5. The van der Waals surface area contributed by atoms with Crippen molar-refractivity contribution >= 4 is 52.7 Å². The van der Waals surface area contributed by atoms with Crippen molar-refractivity contribution in [1.29, 1.82) is 0 Å². The van der Waals surface area contributed by atoms with Crippen molar-refractivity contribution in [2.75, 3.05) is 13.2 Å². The standard InChI is InChI=1S/C14H13ClF3N3O2.C14H15ClFN3O2.C12H9ClF3N3O2/c1-3-21-12(14(17,18)13(22)23-4-2)19-11(20-21)8-5-6-9(15)10(16)7-8;1-3-19-12(8-13(20)21-4-2)17-14(18-19)9-5-6-10(15)11(16)7-9;1-2-19-10(12(15,16)11(20)21)17-9(18-19)6-3-4-7(13)8(14)5-6/h5-7H,3-4H2,1-2H3;5-7H,3-4,8H2,1-2H3;3-5H,2H2,1H3,(H,20,21). The number of carboxylic acid groups (broad SMARTS) is 1. The number of halogens is 10. The Bertz CT molecular complexity index is 2660. The quantitative estimate of drug-likeness (QED) is 0.0808. The average Bonchev–Trinajstić information content (AvgIpc) is 4.02. The molecule has 0 aliphatic rings. The third-order valence-electron chi connectivity index (χ3n) is 8.49. The number of alkyl halides is 4. The second kappa shape index (κ2) is 22.2. The first-order valence-corrected chi connectivity index (χ1v) is 20.3. The molecule has 0 amide bonds. The highest BCUT2D eigenvalue weighted by Crippen LogP contribution is 2.32. The van der Waals surface area contributed by atoms with Crippen molar-refractivity contribution in [3.8, 4) is 34.2 Å². The Kier molecular flexibility index (Phi) is 17.6. The molecule has 348 valence electrons. The molecular formula is C40H37Cl3F7N9O6. The Morgan fingerprint density at radius 2 is 0.954 bits per heavy atom. The van der Waals surface area contributed by atoms with Crippen LogP contribution in [-0.4, -0.2) is 80.5 Å². The molecule has 15 nitrogen and oxygen atoms in total. The summed E-state index contributed by atoms with van der Waals surface area (Å²) in [7, 11) is 0. The number of aryl methyl sites for hydroxylation is 3. The van der Waals surface area contributed by atoms with Crippen LogP contribution in [0.2, 0.25) is 15.1 Å². The maximum absolute atomic E-state index is 14.2. The summed E-state index contributed by atoms with van der Waals surface area (Å²) in [4.78, 5) is 45.1. The number of aromatic nitrogens is 9. The van der Waals surface area contributed by atoms with E-state index < -0.39 is 52.9 Å². The molecule has 6 aromatic rings. The Labute approximate surface area is 380 Å². The molecule has 0 atom stereocenters. The summed E-state index contributed by atoms with van der Waals surface area (Å²) < 4.78 is 108. The summed E-state index contributed by atoms with van der Waals surface area (Å²) >= 11 is 16.8. The fourth-order valence-corrected chi connectivity index (χ4v) is 5.72. The zero-order chi connectivity index (χ0) is 48.4. The number of hydrogen-bond acceptors (Lipinski definition) is 11. The molecule has 3 aromatic heterocycles. The molecule has 0 aliphatic heterocycles. The molecule has 0 saturated carbocycles. The van der Waals surface area contributed by atoms with E-state index in [1.54, 1.807) is 24.6 Å². The summed E-state index contributed by atoms with van der Waals surface area (Å²) in [6.07, 6.45) is 0.0325. The zero-order valence-corrected chi connectivity index (χ0v) is 37.0. The number of nitrogens with zero attached hydrogens (tertiary/aromatic N) is 9. The van der Waals surface area contributed by atoms with Crippen LogP contribution >= 0.6 is 34.8 Å². The lowest BCUT2D eigenvalue weighted by Gasteiger charge is -2.13. The molecule has 3 heterocycles. The van der Waals surface area contributed by atoms with E-state index in [2.05, 4.69) is 35.0 Å². The van der Waals surface area contributed by atoms with Gasteiger partial charge in [-0.1, -0.05) is 34.8 Å². The van der Waals surface area contributed by atoms with Gasteiger partial charge in [-0.15, -0.1) is 0 Å². The number of carboxylic acids is 1. The van der Waals surface area contributed by atoms with Gasteiger partial charge in [-0.05, 0) is 89.2 Å². The van der Waals surface area contributed by atoms with E-state index in [1.807, 2.05) is 6.92 Å². The van der Waals surface area contributed by atoms with Crippen molar-refractivity contribution < 1.29 is 59.7 Å². The van der Waals surface area contributed by atoms with Crippen LogP contribution in [0.25, 0.3) is 34.2 Å². The van der Waals surface area contributed by atoms with E-state index in [0.717, 1.165) is 21.5 Å². The van der Waals surface area contributed by atoms with Gasteiger partial charge in [0, 0.05) is 36.3 Å². The predicted octanol–water partition coefficient (Wildman–Crippen LogP) is 9.21. The van der Waals surface area contributed by atoms with Gasteiger partial charge in [0.15, 0.2) is 17.5 Å². The average molecular weight is 979 g/mol. The van der Waals surface area contributed by atoms with Crippen LogP contribution in [0.4, 0.5) is 30.7 Å². The number of carbonyl (C=O) groups excluding carboxylic acids is 2. The molecular weight excluding hydrogens is 942 g/mol. The monoisotopic (exact) mass is 977 g/mol. The van der Waals surface area contributed by atoms with E-state index in [4.69, 9.17) is 44.6 Å². The summed E-state index contributed by atoms with van der Waals surface area (Å²) in [5.41, 5.74) is 0.792. The lowest BCUT2D eigenvalue weighted by atomic mass is 10.2. The van der Waals surface area contributed by atoms with Crippen LogP contribution in [0.1, 0.15) is 52.1 Å². The minimum Gasteiger partial charge on any atom is -0.476 e. The van der Waals surface area contributed by atoms with Crippen molar-refractivity contribution in [3.05, 3.63) is 105 Å². The molecule has 65 heavy (non-hydrogen) atoms. The molecule has 0 fully saturated rings. The van der Waals surface area contributed by atoms with E-state index >= 15 is 0 Å². The molecule has 0 unspecified atom stereocenters. The molecule has 0 bridgehead atoms.